The van der Waals surface area contributed by atoms with E-state index in [1.54, 1.807) is 35.3 Å². The molecule has 0 fully saturated rings. The standard InChI is InChI=1S/C22H17N2O2.H2/c25-21-3-1-2-10-24(21)15-17-6-4-16(5-7-17)11-18-12-20(14-23-13-18)22(26)19-8-9-19;/h1-10,12-14H,11,15H2;1H. The quantitative estimate of drug-likeness (QED) is 0.644. The van der Waals surface area contributed by atoms with Gasteiger partial charge in [-0.15, -0.1) is 0 Å². The Labute approximate surface area is 152 Å². The first-order chi connectivity index (χ1) is 12.7. The molecule has 0 bridgehead atoms. The van der Waals surface area contributed by atoms with Crippen LogP contribution in [-0.4, -0.2) is 15.3 Å². The van der Waals surface area contributed by atoms with Gasteiger partial charge in [0.25, 0.3) is 5.56 Å². The predicted molar refractivity (Wildman–Crippen MR) is 102 cm³/mol. The van der Waals surface area contributed by atoms with Gasteiger partial charge in [-0.2, -0.15) is 0 Å². The van der Waals surface area contributed by atoms with Gasteiger partial charge in [-0.3, -0.25) is 14.6 Å². The molecule has 0 saturated heterocycles. The fourth-order valence-electron chi connectivity index (χ4n) is 2.85. The highest BCUT2D eigenvalue weighted by atomic mass is 16.1. The molecule has 4 nitrogen and oxygen atoms in total. The molecule has 1 radical (unpaired) electrons. The van der Waals surface area contributed by atoms with Crippen molar-refractivity contribution in [2.75, 3.05) is 0 Å². The van der Waals surface area contributed by atoms with Crippen LogP contribution < -0.4 is 5.56 Å². The normalized spacial score (nSPS) is 12.5. The number of carbonyl (C=O) groups is 1. The third-order valence-corrected chi connectivity index (χ3v) is 4.34. The van der Waals surface area contributed by atoms with E-state index in [4.69, 9.17) is 0 Å². The maximum atomic E-state index is 12.1. The lowest BCUT2D eigenvalue weighted by Gasteiger charge is -2.07. The van der Waals surface area contributed by atoms with Crippen molar-refractivity contribution >= 4 is 5.78 Å². The third kappa shape index (κ3) is 3.70. The number of allylic oxidation sites excluding steroid dienone is 2. The van der Waals surface area contributed by atoms with E-state index in [2.05, 4.69) is 17.1 Å². The Morgan fingerprint density at radius 1 is 1.00 bits per heavy atom. The highest BCUT2D eigenvalue weighted by Gasteiger charge is 2.19. The average Bonchev–Trinajstić information content (AvgIpc) is 3.50. The number of benzene rings is 1. The van der Waals surface area contributed by atoms with Crippen LogP contribution in [0.3, 0.4) is 0 Å². The van der Waals surface area contributed by atoms with Gasteiger partial charge in [0.15, 0.2) is 5.78 Å². The summed E-state index contributed by atoms with van der Waals surface area (Å²) in [6.07, 6.45) is 9.52. The summed E-state index contributed by atoms with van der Waals surface area (Å²) >= 11 is 0. The van der Waals surface area contributed by atoms with E-state index in [1.165, 1.54) is 0 Å². The van der Waals surface area contributed by atoms with E-state index < -0.39 is 0 Å². The highest BCUT2D eigenvalue weighted by Crippen LogP contribution is 2.22. The Bertz CT molecular complexity index is 1050. The molecule has 26 heavy (non-hydrogen) atoms. The van der Waals surface area contributed by atoms with Crippen LogP contribution in [0.5, 0.6) is 0 Å². The molecule has 0 amide bonds. The van der Waals surface area contributed by atoms with E-state index in [1.807, 2.05) is 36.8 Å². The molecule has 0 N–H and O–H groups in total. The number of nitrogens with zero attached hydrogens (tertiary/aromatic N) is 2. The molecule has 2 heterocycles. The molecule has 1 aliphatic rings. The smallest absolute Gasteiger partial charge is 0.250 e. The summed E-state index contributed by atoms with van der Waals surface area (Å²) in [6.45, 7) is 0.553. The molecule has 0 atom stereocenters. The number of rotatable bonds is 6. The minimum atomic E-state index is -0.00726. The van der Waals surface area contributed by atoms with Crippen LogP contribution in [0.1, 0.15) is 28.5 Å². The fourth-order valence-corrected chi connectivity index (χ4v) is 2.85. The Balaban J connectivity index is 0.00000210. The molecule has 0 saturated carbocycles. The number of Topliss-reactive ketones (excluding diaryl/α,β-unsaturated/α-hetero) is 1. The van der Waals surface area contributed by atoms with Crippen molar-refractivity contribution in [1.82, 2.24) is 9.55 Å². The SMILES string of the molecule is O=C(C1=C[CH]1)c1cncc(Cc2ccc(Cn3ccccc3=O)cc2)c1.[HH]. The summed E-state index contributed by atoms with van der Waals surface area (Å²) in [4.78, 5) is 28.1. The van der Waals surface area contributed by atoms with Gasteiger partial charge in [0.2, 0.25) is 0 Å². The molecule has 1 aromatic carbocycles. The van der Waals surface area contributed by atoms with Gasteiger partial charge in [0.1, 0.15) is 0 Å². The Kier molecular flexibility index (Phi) is 4.32. The Hall–Kier alpha value is -3.27. The molecule has 0 spiro atoms. The number of ketones is 1. The summed E-state index contributed by atoms with van der Waals surface area (Å²) in [7, 11) is 0. The summed E-state index contributed by atoms with van der Waals surface area (Å²) in [6, 6.07) is 15.2. The molecule has 4 heteroatoms. The van der Waals surface area contributed by atoms with Crippen molar-refractivity contribution in [2.24, 2.45) is 0 Å². The van der Waals surface area contributed by atoms with E-state index in [9.17, 15) is 9.59 Å². The molecular formula is C22H19N2O2. The molecule has 1 aliphatic carbocycles. The minimum absolute atomic E-state index is 0. The maximum Gasteiger partial charge on any atom is 0.250 e. The molecule has 3 aromatic rings. The first-order valence-electron chi connectivity index (χ1n) is 8.46. The van der Waals surface area contributed by atoms with E-state index >= 15 is 0 Å². The number of hydrogen-bond donors (Lipinski definition) is 0. The van der Waals surface area contributed by atoms with E-state index in [0.29, 0.717) is 18.5 Å². The Morgan fingerprint density at radius 2 is 1.77 bits per heavy atom. The Morgan fingerprint density at radius 3 is 2.50 bits per heavy atom. The third-order valence-electron chi connectivity index (χ3n) is 4.34. The van der Waals surface area contributed by atoms with Crippen molar-refractivity contribution < 1.29 is 6.22 Å². The average molecular weight is 343 g/mol. The number of hydrogen-bond acceptors (Lipinski definition) is 3. The van der Waals surface area contributed by atoms with Crippen molar-refractivity contribution in [3.05, 3.63) is 118 Å². The minimum Gasteiger partial charge on any atom is -0.311 e. The molecule has 0 unspecified atom stereocenters. The molecular weight excluding hydrogens is 324 g/mol. The van der Waals surface area contributed by atoms with Crippen LogP contribution in [-0.2, 0) is 13.0 Å². The van der Waals surface area contributed by atoms with Gasteiger partial charge in [-0.1, -0.05) is 36.4 Å². The van der Waals surface area contributed by atoms with Gasteiger partial charge in [-0.25, -0.2) is 0 Å². The zero-order valence-corrected chi connectivity index (χ0v) is 14.1. The van der Waals surface area contributed by atoms with Gasteiger partial charge >= 0.3 is 0 Å². The van der Waals surface area contributed by atoms with Crippen molar-refractivity contribution in [3.8, 4) is 0 Å². The lowest BCUT2D eigenvalue weighted by molar-refractivity contribution is 0.104. The fraction of sp³-hybridized carbons (Fsp3) is 0.0909. The van der Waals surface area contributed by atoms with Crippen LogP contribution in [0.4, 0.5) is 0 Å². The second-order valence-electron chi connectivity index (χ2n) is 6.36. The largest absolute Gasteiger partial charge is 0.311 e. The summed E-state index contributed by atoms with van der Waals surface area (Å²) < 4.78 is 1.68. The summed E-state index contributed by atoms with van der Waals surface area (Å²) in [5.74, 6) is 0.0306. The van der Waals surface area contributed by atoms with E-state index in [-0.39, 0.29) is 12.8 Å². The first kappa shape index (κ1) is 16.2. The number of carbonyl (C=O) groups excluding carboxylic acids is 1. The zero-order chi connectivity index (χ0) is 17.9. The van der Waals surface area contributed by atoms with Crippen LogP contribution in [0.25, 0.3) is 0 Å². The molecule has 129 valence electrons. The van der Waals surface area contributed by atoms with Gasteiger partial charge in [-0.05, 0) is 35.2 Å². The second-order valence-corrected chi connectivity index (χ2v) is 6.36. The van der Waals surface area contributed by atoms with Crippen molar-refractivity contribution in [1.29, 1.82) is 0 Å². The maximum absolute atomic E-state index is 12.1. The van der Waals surface area contributed by atoms with Gasteiger partial charge < -0.3 is 4.57 Å². The lowest BCUT2D eigenvalue weighted by Crippen LogP contribution is -2.18. The summed E-state index contributed by atoms with van der Waals surface area (Å²) in [5, 5.41) is 0. The van der Waals surface area contributed by atoms with E-state index in [0.717, 1.165) is 22.3 Å². The van der Waals surface area contributed by atoms with Crippen LogP contribution in [0, 0.1) is 6.42 Å². The highest BCUT2D eigenvalue weighted by molar-refractivity contribution is 6.13. The van der Waals surface area contributed by atoms with Crippen LogP contribution >= 0.6 is 0 Å². The lowest BCUT2D eigenvalue weighted by atomic mass is 10.0. The first-order valence-corrected chi connectivity index (χ1v) is 8.46. The van der Waals surface area contributed by atoms with Crippen LogP contribution in [0.15, 0.2) is 83.6 Å². The van der Waals surface area contributed by atoms with Gasteiger partial charge in [0.05, 0.1) is 6.54 Å². The molecule has 4 rings (SSSR count). The topological polar surface area (TPSA) is 52.0 Å². The second kappa shape index (κ2) is 6.92. The van der Waals surface area contributed by atoms with Gasteiger partial charge in [0, 0.05) is 43.6 Å². The molecule has 0 aliphatic heterocycles. The number of aromatic nitrogens is 2. The predicted octanol–water partition coefficient (Wildman–Crippen LogP) is 3.46. The monoisotopic (exact) mass is 343 g/mol. The summed E-state index contributed by atoms with van der Waals surface area (Å²) in [5.41, 5.74) is 4.58. The van der Waals surface area contributed by atoms with Crippen LogP contribution in [0.2, 0.25) is 0 Å². The number of pyridine rings is 2. The van der Waals surface area contributed by atoms with Crippen molar-refractivity contribution in [3.63, 3.8) is 0 Å². The molecule has 2 aromatic heterocycles. The van der Waals surface area contributed by atoms with Crippen molar-refractivity contribution in [2.45, 2.75) is 13.0 Å². The zero-order valence-electron chi connectivity index (χ0n) is 14.1.